The largest absolute Gasteiger partial charge is 0.497 e. The molecule has 0 spiro atoms. The minimum atomic E-state index is -1.05. The molecule has 0 aliphatic carbocycles. The average molecular weight is 344 g/mol. The second-order valence-electron chi connectivity index (χ2n) is 5.24. The summed E-state index contributed by atoms with van der Waals surface area (Å²) < 4.78 is 10.7. The number of methoxy groups -OCH3 is 1. The maximum atomic E-state index is 12.4. The number of anilines is 1. The van der Waals surface area contributed by atoms with Gasteiger partial charge in [-0.1, -0.05) is 30.3 Å². The molecule has 0 heterocycles. The molecule has 0 bridgehead atoms. The molecule has 2 amide bonds. The van der Waals surface area contributed by atoms with Gasteiger partial charge in [-0.15, -0.1) is 0 Å². The molecule has 0 unspecified atom stereocenters. The molecule has 2 aromatic rings. The van der Waals surface area contributed by atoms with Gasteiger partial charge in [0.25, 0.3) is 5.91 Å². The maximum absolute atomic E-state index is 12.4. The first kappa shape index (κ1) is 18.4. The first-order chi connectivity index (χ1) is 12.1. The number of nitrogens with one attached hydrogen (secondary N) is 2. The van der Waals surface area contributed by atoms with E-state index in [1.807, 2.05) is 6.07 Å². The van der Waals surface area contributed by atoms with Crippen LogP contribution in [-0.2, 0) is 20.9 Å². The Bertz CT molecular complexity index is 688. The van der Waals surface area contributed by atoms with Gasteiger partial charge in [0.15, 0.2) is 0 Å². The lowest BCUT2D eigenvalue weighted by Crippen LogP contribution is -2.35. The standard InChI is InChI=1S/C18H20N2O5/c1-24-15-9-7-13(8-10-15)12-25-16(11-17(21)20-23)18(22)19-14-5-3-2-4-6-14/h2-10,16,23H,11-12H2,1H3,(H,19,22)(H,20,21)/t16-/m0/s1. The highest BCUT2D eigenvalue weighted by molar-refractivity contribution is 5.96. The van der Waals surface area contributed by atoms with E-state index in [4.69, 9.17) is 14.7 Å². The van der Waals surface area contributed by atoms with Crippen molar-refractivity contribution < 1.29 is 24.3 Å². The van der Waals surface area contributed by atoms with E-state index in [9.17, 15) is 9.59 Å². The van der Waals surface area contributed by atoms with Crippen LogP contribution in [0, 0.1) is 0 Å². The van der Waals surface area contributed by atoms with Crippen LogP contribution in [0.2, 0.25) is 0 Å². The molecule has 0 saturated carbocycles. The average Bonchev–Trinajstić information content (AvgIpc) is 2.66. The molecule has 1 atom stereocenters. The zero-order valence-electron chi connectivity index (χ0n) is 13.8. The maximum Gasteiger partial charge on any atom is 0.254 e. The molecular weight excluding hydrogens is 324 g/mol. The molecule has 0 aromatic heterocycles. The third-order valence-corrected chi connectivity index (χ3v) is 3.44. The van der Waals surface area contributed by atoms with Crippen LogP contribution in [0.5, 0.6) is 5.75 Å². The van der Waals surface area contributed by atoms with Crippen molar-refractivity contribution >= 4 is 17.5 Å². The lowest BCUT2D eigenvalue weighted by Gasteiger charge is -2.17. The van der Waals surface area contributed by atoms with Crippen molar-refractivity contribution in [1.82, 2.24) is 5.48 Å². The highest BCUT2D eigenvalue weighted by atomic mass is 16.5. The van der Waals surface area contributed by atoms with Gasteiger partial charge in [-0.05, 0) is 29.8 Å². The molecule has 0 aliphatic rings. The Morgan fingerprint density at radius 2 is 1.76 bits per heavy atom. The van der Waals surface area contributed by atoms with E-state index in [0.717, 1.165) is 5.56 Å². The first-order valence-electron chi connectivity index (χ1n) is 7.65. The Labute approximate surface area is 145 Å². The minimum absolute atomic E-state index is 0.135. The molecule has 2 aromatic carbocycles. The highest BCUT2D eigenvalue weighted by Gasteiger charge is 2.23. The third-order valence-electron chi connectivity index (χ3n) is 3.44. The SMILES string of the molecule is COc1ccc(CO[C@@H](CC(=O)NO)C(=O)Nc2ccccc2)cc1. The summed E-state index contributed by atoms with van der Waals surface area (Å²) in [5, 5.41) is 11.4. The fourth-order valence-corrected chi connectivity index (χ4v) is 2.10. The van der Waals surface area contributed by atoms with Gasteiger partial charge < -0.3 is 14.8 Å². The topological polar surface area (TPSA) is 96.9 Å². The van der Waals surface area contributed by atoms with E-state index >= 15 is 0 Å². The fourth-order valence-electron chi connectivity index (χ4n) is 2.10. The number of benzene rings is 2. The molecule has 3 N–H and O–H groups in total. The van der Waals surface area contributed by atoms with Gasteiger partial charge in [0.2, 0.25) is 5.91 Å². The van der Waals surface area contributed by atoms with E-state index in [2.05, 4.69) is 5.32 Å². The number of hydroxylamine groups is 1. The number of hydrogen-bond acceptors (Lipinski definition) is 5. The number of carbonyl (C=O) groups is 2. The second kappa shape index (κ2) is 9.41. The predicted octanol–water partition coefficient (Wildman–Crippen LogP) is 2.11. The number of ether oxygens (including phenoxy) is 2. The number of rotatable bonds is 8. The van der Waals surface area contributed by atoms with Crippen molar-refractivity contribution in [1.29, 1.82) is 0 Å². The van der Waals surface area contributed by atoms with Gasteiger partial charge in [-0.2, -0.15) is 0 Å². The third kappa shape index (κ3) is 5.91. The van der Waals surface area contributed by atoms with Crippen molar-refractivity contribution in [3.05, 3.63) is 60.2 Å². The molecule has 0 radical (unpaired) electrons. The van der Waals surface area contributed by atoms with Crippen LogP contribution in [0.1, 0.15) is 12.0 Å². The predicted molar refractivity (Wildman–Crippen MR) is 91.2 cm³/mol. The first-order valence-corrected chi connectivity index (χ1v) is 7.65. The van der Waals surface area contributed by atoms with E-state index in [-0.39, 0.29) is 13.0 Å². The Morgan fingerprint density at radius 3 is 2.36 bits per heavy atom. The van der Waals surface area contributed by atoms with Crippen LogP contribution in [0.3, 0.4) is 0 Å². The van der Waals surface area contributed by atoms with E-state index in [1.165, 1.54) is 5.48 Å². The number of amides is 2. The fraction of sp³-hybridized carbons (Fsp3) is 0.222. The van der Waals surface area contributed by atoms with Crippen LogP contribution >= 0.6 is 0 Å². The number of carbonyl (C=O) groups excluding carboxylic acids is 2. The second-order valence-corrected chi connectivity index (χ2v) is 5.24. The molecule has 25 heavy (non-hydrogen) atoms. The van der Waals surface area contributed by atoms with E-state index in [0.29, 0.717) is 11.4 Å². The zero-order chi connectivity index (χ0) is 18.1. The van der Waals surface area contributed by atoms with Gasteiger partial charge in [0.1, 0.15) is 11.9 Å². The summed E-state index contributed by atoms with van der Waals surface area (Å²) in [6, 6.07) is 16.0. The molecule has 0 saturated heterocycles. The number of para-hydroxylation sites is 1. The molecule has 7 heteroatoms. The molecule has 0 aliphatic heterocycles. The van der Waals surface area contributed by atoms with Crippen molar-refractivity contribution in [3.8, 4) is 5.75 Å². The van der Waals surface area contributed by atoms with E-state index < -0.39 is 17.9 Å². The monoisotopic (exact) mass is 344 g/mol. The number of hydrogen-bond donors (Lipinski definition) is 3. The molecule has 0 fully saturated rings. The minimum Gasteiger partial charge on any atom is -0.497 e. The smallest absolute Gasteiger partial charge is 0.254 e. The normalized spacial score (nSPS) is 11.4. The van der Waals surface area contributed by atoms with Crippen LogP contribution in [0.4, 0.5) is 5.69 Å². The van der Waals surface area contributed by atoms with Crippen LogP contribution in [0.15, 0.2) is 54.6 Å². The van der Waals surface area contributed by atoms with Crippen LogP contribution < -0.4 is 15.5 Å². The van der Waals surface area contributed by atoms with Crippen molar-refractivity contribution in [2.24, 2.45) is 0 Å². The lowest BCUT2D eigenvalue weighted by molar-refractivity contribution is -0.139. The summed E-state index contributed by atoms with van der Waals surface area (Å²) in [7, 11) is 1.57. The van der Waals surface area contributed by atoms with Gasteiger partial charge in [-0.25, -0.2) is 5.48 Å². The molecule has 2 rings (SSSR count). The lowest BCUT2D eigenvalue weighted by atomic mass is 10.2. The highest BCUT2D eigenvalue weighted by Crippen LogP contribution is 2.14. The van der Waals surface area contributed by atoms with Gasteiger partial charge >= 0.3 is 0 Å². The summed E-state index contributed by atoms with van der Waals surface area (Å²) >= 11 is 0. The Balaban J connectivity index is 2.01. The molecule has 7 nitrogen and oxygen atoms in total. The van der Waals surface area contributed by atoms with E-state index in [1.54, 1.807) is 55.6 Å². The Hall–Kier alpha value is -2.90. The zero-order valence-corrected chi connectivity index (χ0v) is 13.8. The summed E-state index contributed by atoms with van der Waals surface area (Å²) in [6.07, 6.45) is -1.35. The molecule has 132 valence electrons. The van der Waals surface area contributed by atoms with Crippen LogP contribution in [0.25, 0.3) is 0 Å². The summed E-state index contributed by atoms with van der Waals surface area (Å²) in [6.45, 7) is 0.135. The van der Waals surface area contributed by atoms with Crippen molar-refractivity contribution in [2.45, 2.75) is 19.1 Å². The Morgan fingerprint density at radius 1 is 1.08 bits per heavy atom. The van der Waals surface area contributed by atoms with Gasteiger partial charge in [0.05, 0.1) is 20.1 Å². The summed E-state index contributed by atoms with van der Waals surface area (Å²) in [4.78, 5) is 23.8. The van der Waals surface area contributed by atoms with Crippen LogP contribution in [-0.4, -0.2) is 30.2 Å². The Kier molecular flexibility index (Phi) is 6.94. The summed E-state index contributed by atoms with van der Waals surface area (Å²) in [5.74, 6) is -0.465. The quantitative estimate of drug-likeness (QED) is 0.503. The van der Waals surface area contributed by atoms with Gasteiger partial charge in [-0.3, -0.25) is 14.8 Å². The summed E-state index contributed by atoms with van der Waals surface area (Å²) in [5.41, 5.74) is 2.93. The van der Waals surface area contributed by atoms with Gasteiger partial charge in [0, 0.05) is 5.69 Å². The molecular formula is C18H20N2O5. The van der Waals surface area contributed by atoms with Crippen molar-refractivity contribution in [2.75, 3.05) is 12.4 Å². The van der Waals surface area contributed by atoms with Crippen molar-refractivity contribution in [3.63, 3.8) is 0 Å².